The maximum atomic E-state index is 10.6. The molecule has 5 heteroatoms. The quantitative estimate of drug-likeness (QED) is 0.821. The standard InChI is InChI=1S/C9H13BrN2OS/c1-6-4-11-3-2-9(6,13)7-8(10)12-5-14-7/h5-6,11,13H,2-4H2,1H3. The summed E-state index contributed by atoms with van der Waals surface area (Å²) >= 11 is 4.91. The second-order valence-electron chi connectivity index (χ2n) is 3.75. The van der Waals surface area contributed by atoms with Gasteiger partial charge in [-0.1, -0.05) is 6.92 Å². The van der Waals surface area contributed by atoms with Gasteiger partial charge in [-0.05, 0) is 28.9 Å². The van der Waals surface area contributed by atoms with E-state index < -0.39 is 5.60 Å². The van der Waals surface area contributed by atoms with Crippen LogP contribution in [0.25, 0.3) is 0 Å². The summed E-state index contributed by atoms with van der Waals surface area (Å²) in [6.45, 7) is 3.80. The first-order valence-corrected chi connectivity index (χ1v) is 6.34. The fourth-order valence-electron chi connectivity index (χ4n) is 1.86. The van der Waals surface area contributed by atoms with Crippen molar-refractivity contribution < 1.29 is 5.11 Å². The molecule has 2 heterocycles. The summed E-state index contributed by atoms with van der Waals surface area (Å²) in [5.74, 6) is 0.230. The molecule has 0 spiro atoms. The van der Waals surface area contributed by atoms with E-state index in [-0.39, 0.29) is 5.92 Å². The lowest BCUT2D eigenvalue weighted by molar-refractivity contribution is -0.0367. The van der Waals surface area contributed by atoms with E-state index >= 15 is 0 Å². The summed E-state index contributed by atoms with van der Waals surface area (Å²) in [7, 11) is 0. The van der Waals surface area contributed by atoms with Gasteiger partial charge < -0.3 is 10.4 Å². The van der Waals surface area contributed by atoms with Gasteiger partial charge in [0.05, 0.1) is 10.4 Å². The van der Waals surface area contributed by atoms with Crippen molar-refractivity contribution in [3.8, 4) is 0 Å². The van der Waals surface area contributed by atoms with Gasteiger partial charge in [-0.3, -0.25) is 0 Å². The molecule has 1 aliphatic heterocycles. The van der Waals surface area contributed by atoms with Crippen molar-refractivity contribution in [3.63, 3.8) is 0 Å². The molecule has 0 amide bonds. The first-order chi connectivity index (χ1) is 6.64. The third-order valence-corrected chi connectivity index (χ3v) is 4.72. The van der Waals surface area contributed by atoms with Gasteiger partial charge in [0.15, 0.2) is 0 Å². The number of halogens is 1. The number of nitrogens with one attached hydrogen (secondary N) is 1. The highest BCUT2D eigenvalue weighted by Crippen LogP contribution is 2.40. The van der Waals surface area contributed by atoms with Crippen LogP contribution in [0.5, 0.6) is 0 Å². The van der Waals surface area contributed by atoms with E-state index in [9.17, 15) is 5.11 Å². The number of aromatic nitrogens is 1. The zero-order chi connectivity index (χ0) is 10.2. The lowest BCUT2D eigenvalue weighted by Gasteiger charge is -2.37. The Hall–Kier alpha value is 0.0300. The van der Waals surface area contributed by atoms with Gasteiger partial charge in [0.25, 0.3) is 0 Å². The largest absolute Gasteiger partial charge is 0.384 e. The summed E-state index contributed by atoms with van der Waals surface area (Å²) in [6.07, 6.45) is 0.759. The normalized spacial score (nSPS) is 33.2. The number of piperidine rings is 1. The summed E-state index contributed by atoms with van der Waals surface area (Å²) in [5, 5.41) is 13.9. The molecule has 1 aliphatic rings. The topological polar surface area (TPSA) is 45.1 Å². The Kier molecular flexibility index (Phi) is 2.93. The molecule has 2 N–H and O–H groups in total. The number of nitrogens with zero attached hydrogens (tertiary/aromatic N) is 1. The monoisotopic (exact) mass is 276 g/mol. The summed E-state index contributed by atoms with van der Waals surface area (Å²) in [4.78, 5) is 5.09. The molecule has 1 aromatic rings. The second-order valence-corrected chi connectivity index (χ2v) is 5.36. The molecule has 78 valence electrons. The van der Waals surface area contributed by atoms with Crippen molar-refractivity contribution in [2.75, 3.05) is 13.1 Å². The Morgan fingerprint density at radius 3 is 3.14 bits per heavy atom. The van der Waals surface area contributed by atoms with E-state index in [0.717, 1.165) is 29.0 Å². The highest BCUT2D eigenvalue weighted by Gasteiger charge is 2.40. The molecule has 0 radical (unpaired) electrons. The molecule has 0 saturated carbocycles. The van der Waals surface area contributed by atoms with Crippen LogP contribution in [0.15, 0.2) is 10.1 Å². The molecular weight excluding hydrogens is 264 g/mol. The highest BCUT2D eigenvalue weighted by molar-refractivity contribution is 9.10. The molecule has 1 aromatic heterocycles. The van der Waals surface area contributed by atoms with Gasteiger partial charge in [-0.25, -0.2) is 4.98 Å². The van der Waals surface area contributed by atoms with E-state index in [0.29, 0.717) is 0 Å². The summed E-state index contributed by atoms with van der Waals surface area (Å²) in [5.41, 5.74) is 1.07. The average Bonchev–Trinajstić information content (AvgIpc) is 2.57. The molecule has 2 unspecified atom stereocenters. The third kappa shape index (κ3) is 1.62. The molecule has 0 aliphatic carbocycles. The van der Waals surface area contributed by atoms with Crippen molar-refractivity contribution in [1.29, 1.82) is 0 Å². The third-order valence-electron chi connectivity index (χ3n) is 2.87. The van der Waals surface area contributed by atoms with Gasteiger partial charge in [-0.15, -0.1) is 11.3 Å². The molecule has 3 nitrogen and oxygen atoms in total. The number of hydrogen-bond donors (Lipinski definition) is 2. The van der Waals surface area contributed by atoms with E-state index in [4.69, 9.17) is 0 Å². The summed E-state index contributed by atoms with van der Waals surface area (Å²) < 4.78 is 0.791. The number of rotatable bonds is 1. The van der Waals surface area contributed by atoms with Crippen LogP contribution in [0.4, 0.5) is 0 Å². The molecule has 14 heavy (non-hydrogen) atoms. The molecular formula is C9H13BrN2OS. The molecule has 1 saturated heterocycles. The minimum absolute atomic E-state index is 0.230. The molecule has 0 aromatic carbocycles. The molecule has 2 rings (SSSR count). The Morgan fingerprint density at radius 1 is 1.79 bits per heavy atom. The van der Waals surface area contributed by atoms with E-state index in [1.54, 1.807) is 5.51 Å². The van der Waals surface area contributed by atoms with Gasteiger partial charge in [0, 0.05) is 12.5 Å². The van der Waals surface area contributed by atoms with E-state index in [1.807, 2.05) is 0 Å². The van der Waals surface area contributed by atoms with Crippen LogP contribution in [0, 0.1) is 5.92 Å². The Labute approximate surface area is 95.7 Å². The van der Waals surface area contributed by atoms with Crippen LogP contribution in [0.1, 0.15) is 18.2 Å². The lowest BCUT2D eigenvalue weighted by Crippen LogP contribution is -2.46. The Balaban J connectivity index is 2.34. The van der Waals surface area contributed by atoms with Crippen molar-refractivity contribution in [3.05, 3.63) is 15.0 Å². The summed E-state index contributed by atoms with van der Waals surface area (Å²) in [6, 6.07) is 0. The molecule has 0 bridgehead atoms. The van der Waals surface area contributed by atoms with Gasteiger partial charge in [-0.2, -0.15) is 0 Å². The van der Waals surface area contributed by atoms with Crippen LogP contribution in [-0.2, 0) is 5.60 Å². The maximum absolute atomic E-state index is 10.6. The zero-order valence-electron chi connectivity index (χ0n) is 7.96. The van der Waals surface area contributed by atoms with Crippen LogP contribution < -0.4 is 5.32 Å². The lowest BCUT2D eigenvalue weighted by atomic mass is 9.82. The van der Waals surface area contributed by atoms with Crippen LogP contribution in [-0.4, -0.2) is 23.2 Å². The fraction of sp³-hybridized carbons (Fsp3) is 0.667. The first kappa shape index (κ1) is 10.5. The molecule has 1 fully saturated rings. The second kappa shape index (κ2) is 3.89. The number of thiazole rings is 1. The Bertz CT molecular complexity index is 330. The van der Waals surface area contributed by atoms with E-state index in [2.05, 4.69) is 33.2 Å². The predicted octanol–water partition coefficient (Wildman–Crippen LogP) is 1.72. The Morgan fingerprint density at radius 2 is 2.57 bits per heavy atom. The SMILES string of the molecule is CC1CNCCC1(O)c1scnc1Br. The first-order valence-electron chi connectivity index (χ1n) is 4.67. The minimum atomic E-state index is -0.703. The van der Waals surface area contributed by atoms with Gasteiger partial charge in [0.1, 0.15) is 10.2 Å². The van der Waals surface area contributed by atoms with Crippen molar-refractivity contribution in [2.45, 2.75) is 18.9 Å². The number of aliphatic hydroxyl groups is 1. The van der Waals surface area contributed by atoms with Crippen molar-refractivity contribution >= 4 is 27.3 Å². The van der Waals surface area contributed by atoms with Crippen LogP contribution in [0.2, 0.25) is 0 Å². The van der Waals surface area contributed by atoms with Gasteiger partial charge in [0.2, 0.25) is 0 Å². The fourth-order valence-corrected chi connectivity index (χ4v) is 3.65. The van der Waals surface area contributed by atoms with Gasteiger partial charge >= 0.3 is 0 Å². The average molecular weight is 277 g/mol. The minimum Gasteiger partial charge on any atom is -0.384 e. The zero-order valence-corrected chi connectivity index (χ0v) is 10.4. The van der Waals surface area contributed by atoms with Crippen molar-refractivity contribution in [1.82, 2.24) is 10.3 Å². The highest BCUT2D eigenvalue weighted by atomic mass is 79.9. The maximum Gasteiger partial charge on any atom is 0.123 e. The van der Waals surface area contributed by atoms with Crippen LogP contribution in [0.3, 0.4) is 0 Å². The molecule has 2 atom stereocenters. The predicted molar refractivity (Wildman–Crippen MR) is 60.4 cm³/mol. The van der Waals surface area contributed by atoms with Crippen molar-refractivity contribution in [2.24, 2.45) is 5.92 Å². The smallest absolute Gasteiger partial charge is 0.123 e. The van der Waals surface area contributed by atoms with Crippen LogP contribution >= 0.6 is 27.3 Å². The number of hydrogen-bond acceptors (Lipinski definition) is 4. The van der Waals surface area contributed by atoms with E-state index in [1.165, 1.54) is 11.3 Å².